The Morgan fingerprint density at radius 1 is 1.26 bits per heavy atom. The molecule has 0 aliphatic heterocycles. The molecule has 2 rings (SSSR count). The maximum atomic E-state index is 12.4. The number of rotatable bonds is 7. The molecule has 1 saturated carbocycles. The van der Waals surface area contributed by atoms with Gasteiger partial charge in [0.25, 0.3) is 5.91 Å². The van der Waals surface area contributed by atoms with E-state index in [1.807, 2.05) is 13.0 Å². The van der Waals surface area contributed by atoms with E-state index in [9.17, 15) is 9.59 Å². The van der Waals surface area contributed by atoms with Gasteiger partial charge < -0.3 is 16.4 Å². The summed E-state index contributed by atoms with van der Waals surface area (Å²) < 4.78 is 0. The second-order valence-electron chi connectivity index (χ2n) is 6.37. The molecule has 0 bridgehead atoms. The van der Waals surface area contributed by atoms with Crippen molar-refractivity contribution in [3.8, 4) is 0 Å². The SMILES string of the molecule is CC(CC1CCCC1)C(=O)Nc1ccccc1C(=O)NCCN. The van der Waals surface area contributed by atoms with E-state index >= 15 is 0 Å². The van der Waals surface area contributed by atoms with Gasteiger partial charge in [-0.1, -0.05) is 44.7 Å². The molecule has 1 aromatic rings. The van der Waals surface area contributed by atoms with Gasteiger partial charge in [-0.2, -0.15) is 0 Å². The standard InChI is InChI=1S/C18H27N3O2/c1-13(12-14-6-2-3-7-14)17(22)21-16-9-5-4-8-15(16)18(23)20-11-10-19/h4-5,8-9,13-14H,2-3,6-7,10-12,19H2,1H3,(H,20,23)(H,21,22). The van der Waals surface area contributed by atoms with E-state index in [1.165, 1.54) is 25.7 Å². The van der Waals surface area contributed by atoms with Gasteiger partial charge in [0.1, 0.15) is 0 Å². The van der Waals surface area contributed by atoms with Gasteiger partial charge in [0, 0.05) is 19.0 Å². The lowest BCUT2D eigenvalue weighted by atomic mass is 9.94. The number of carbonyl (C=O) groups excluding carboxylic acids is 2. The van der Waals surface area contributed by atoms with E-state index in [-0.39, 0.29) is 17.7 Å². The fourth-order valence-corrected chi connectivity index (χ4v) is 3.18. The van der Waals surface area contributed by atoms with Crippen LogP contribution >= 0.6 is 0 Å². The van der Waals surface area contributed by atoms with E-state index in [4.69, 9.17) is 5.73 Å². The summed E-state index contributed by atoms with van der Waals surface area (Å²) in [6.07, 6.45) is 5.95. The van der Waals surface area contributed by atoms with E-state index in [0.717, 1.165) is 6.42 Å². The minimum Gasteiger partial charge on any atom is -0.351 e. The second kappa shape index (κ2) is 8.67. The average Bonchev–Trinajstić information content (AvgIpc) is 3.06. The molecule has 2 amide bonds. The smallest absolute Gasteiger partial charge is 0.253 e. The highest BCUT2D eigenvalue weighted by molar-refractivity contribution is 6.04. The fourth-order valence-electron chi connectivity index (χ4n) is 3.18. The third-order valence-electron chi connectivity index (χ3n) is 4.47. The van der Waals surface area contributed by atoms with Crippen LogP contribution in [0.3, 0.4) is 0 Å². The van der Waals surface area contributed by atoms with Crippen LogP contribution in [0.1, 0.15) is 49.4 Å². The van der Waals surface area contributed by atoms with E-state index in [0.29, 0.717) is 30.3 Å². The van der Waals surface area contributed by atoms with E-state index < -0.39 is 0 Å². The Morgan fingerprint density at radius 3 is 2.65 bits per heavy atom. The molecule has 126 valence electrons. The molecule has 1 unspecified atom stereocenters. The average molecular weight is 317 g/mol. The molecule has 0 radical (unpaired) electrons. The van der Waals surface area contributed by atoms with Crippen LogP contribution < -0.4 is 16.4 Å². The minimum atomic E-state index is -0.213. The summed E-state index contributed by atoms with van der Waals surface area (Å²) in [6.45, 7) is 2.77. The normalized spacial score (nSPS) is 16.1. The van der Waals surface area contributed by atoms with Crippen LogP contribution in [-0.4, -0.2) is 24.9 Å². The topological polar surface area (TPSA) is 84.2 Å². The Hall–Kier alpha value is -1.88. The summed E-state index contributed by atoms with van der Waals surface area (Å²) in [5.74, 6) is 0.392. The third-order valence-corrected chi connectivity index (χ3v) is 4.47. The van der Waals surface area contributed by atoms with Gasteiger partial charge in [0.15, 0.2) is 0 Å². The van der Waals surface area contributed by atoms with Crippen molar-refractivity contribution in [3.63, 3.8) is 0 Å². The van der Waals surface area contributed by atoms with Crippen molar-refractivity contribution in [3.05, 3.63) is 29.8 Å². The number of carbonyl (C=O) groups is 2. The number of para-hydroxylation sites is 1. The van der Waals surface area contributed by atoms with Crippen LogP contribution in [0, 0.1) is 11.8 Å². The van der Waals surface area contributed by atoms with Crippen molar-refractivity contribution in [2.75, 3.05) is 18.4 Å². The molecule has 0 heterocycles. The first kappa shape index (κ1) is 17.5. The molecule has 1 aromatic carbocycles. The number of hydrogen-bond acceptors (Lipinski definition) is 3. The Balaban J connectivity index is 1.98. The molecule has 23 heavy (non-hydrogen) atoms. The number of nitrogens with one attached hydrogen (secondary N) is 2. The summed E-state index contributed by atoms with van der Waals surface area (Å²) in [5, 5.41) is 5.65. The monoisotopic (exact) mass is 317 g/mol. The summed E-state index contributed by atoms with van der Waals surface area (Å²) >= 11 is 0. The zero-order chi connectivity index (χ0) is 16.7. The highest BCUT2D eigenvalue weighted by atomic mass is 16.2. The van der Waals surface area contributed by atoms with Crippen LogP contribution in [0.2, 0.25) is 0 Å². The molecule has 5 nitrogen and oxygen atoms in total. The number of nitrogens with two attached hydrogens (primary N) is 1. The first-order valence-electron chi connectivity index (χ1n) is 8.50. The first-order chi connectivity index (χ1) is 11.1. The highest BCUT2D eigenvalue weighted by Gasteiger charge is 2.22. The molecule has 5 heteroatoms. The Morgan fingerprint density at radius 2 is 1.96 bits per heavy atom. The lowest BCUT2D eigenvalue weighted by Crippen LogP contribution is -2.30. The van der Waals surface area contributed by atoms with E-state index in [1.54, 1.807) is 18.2 Å². The number of anilines is 1. The van der Waals surface area contributed by atoms with Crippen LogP contribution in [0.15, 0.2) is 24.3 Å². The molecule has 0 aromatic heterocycles. The molecule has 1 atom stereocenters. The number of hydrogen-bond donors (Lipinski definition) is 3. The van der Waals surface area contributed by atoms with Crippen molar-refractivity contribution < 1.29 is 9.59 Å². The molecule has 1 fully saturated rings. The predicted molar refractivity (Wildman–Crippen MR) is 92.2 cm³/mol. The van der Waals surface area contributed by atoms with E-state index in [2.05, 4.69) is 10.6 Å². The number of benzene rings is 1. The van der Waals surface area contributed by atoms with Crippen LogP contribution in [0.5, 0.6) is 0 Å². The molecule has 0 saturated heterocycles. The van der Waals surface area contributed by atoms with Gasteiger partial charge in [-0.3, -0.25) is 9.59 Å². The Bertz CT molecular complexity index is 539. The van der Waals surface area contributed by atoms with Gasteiger partial charge in [0.05, 0.1) is 11.3 Å². The summed E-state index contributed by atoms with van der Waals surface area (Å²) in [5.41, 5.74) is 6.44. The molecular weight excluding hydrogens is 290 g/mol. The van der Waals surface area contributed by atoms with Gasteiger partial charge in [-0.15, -0.1) is 0 Å². The van der Waals surface area contributed by atoms with Crippen molar-refractivity contribution in [2.24, 2.45) is 17.6 Å². The van der Waals surface area contributed by atoms with Gasteiger partial charge in [0.2, 0.25) is 5.91 Å². The quantitative estimate of drug-likeness (QED) is 0.722. The molecule has 0 spiro atoms. The molecule has 1 aliphatic carbocycles. The van der Waals surface area contributed by atoms with Crippen LogP contribution in [0.25, 0.3) is 0 Å². The molecule has 1 aliphatic rings. The van der Waals surface area contributed by atoms with Crippen molar-refractivity contribution in [1.29, 1.82) is 0 Å². The third kappa shape index (κ3) is 5.06. The molecular formula is C18H27N3O2. The zero-order valence-corrected chi connectivity index (χ0v) is 13.8. The second-order valence-corrected chi connectivity index (χ2v) is 6.37. The van der Waals surface area contributed by atoms with Crippen LogP contribution in [-0.2, 0) is 4.79 Å². The largest absolute Gasteiger partial charge is 0.351 e. The van der Waals surface area contributed by atoms with Crippen molar-refractivity contribution in [2.45, 2.75) is 39.0 Å². The Kier molecular flexibility index (Phi) is 6.59. The van der Waals surface area contributed by atoms with Gasteiger partial charge in [-0.05, 0) is 24.5 Å². The maximum Gasteiger partial charge on any atom is 0.253 e. The van der Waals surface area contributed by atoms with Crippen molar-refractivity contribution in [1.82, 2.24) is 5.32 Å². The Labute approximate surface area is 138 Å². The number of amides is 2. The summed E-state index contributed by atoms with van der Waals surface area (Å²) in [4.78, 5) is 24.6. The lowest BCUT2D eigenvalue weighted by Gasteiger charge is -2.17. The van der Waals surface area contributed by atoms with Gasteiger partial charge in [-0.25, -0.2) is 0 Å². The molecule has 4 N–H and O–H groups in total. The predicted octanol–water partition coefficient (Wildman–Crippen LogP) is 2.53. The first-order valence-corrected chi connectivity index (χ1v) is 8.50. The van der Waals surface area contributed by atoms with Crippen molar-refractivity contribution >= 4 is 17.5 Å². The van der Waals surface area contributed by atoms with Crippen LogP contribution in [0.4, 0.5) is 5.69 Å². The summed E-state index contributed by atoms with van der Waals surface area (Å²) in [7, 11) is 0. The van der Waals surface area contributed by atoms with Gasteiger partial charge >= 0.3 is 0 Å². The minimum absolute atomic E-state index is 0.0176. The fraction of sp³-hybridized carbons (Fsp3) is 0.556. The maximum absolute atomic E-state index is 12.4. The highest BCUT2D eigenvalue weighted by Crippen LogP contribution is 2.30. The zero-order valence-electron chi connectivity index (χ0n) is 13.8. The lowest BCUT2D eigenvalue weighted by molar-refractivity contribution is -0.119. The summed E-state index contributed by atoms with van der Waals surface area (Å²) in [6, 6.07) is 7.08.